The highest BCUT2D eigenvalue weighted by atomic mass is 16.5. The number of benzene rings is 1. The number of H-pyrrole nitrogens is 1. The summed E-state index contributed by atoms with van der Waals surface area (Å²) >= 11 is 0. The van der Waals surface area contributed by atoms with E-state index < -0.39 is 0 Å². The Morgan fingerprint density at radius 1 is 1.32 bits per heavy atom. The van der Waals surface area contributed by atoms with Gasteiger partial charge in [0, 0.05) is 36.6 Å². The number of nitrogens with one attached hydrogen (secondary N) is 1. The van der Waals surface area contributed by atoms with E-state index in [0.717, 1.165) is 29.7 Å². The molecule has 2 saturated heterocycles. The highest BCUT2D eigenvalue weighted by Crippen LogP contribution is 2.30. The molecular formula is C16H20N4O2. The Morgan fingerprint density at radius 2 is 2.05 bits per heavy atom. The van der Waals surface area contributed by atoms with Gasteiger partial charge in [-0.05, 0) is 32.0 Å². The number of carbonyl (C=O) groups excluding carboxylic acids is 1. The van der Waals surface area contributed by atoms with Crippen LogP contribution in [0.4, 0.5) is 0 Å². The van der Waals surface area contributed by atoms with Crippen molar-refractivity contribution in [3.8, 4) is 5.75 Å². The highest BCUT2D eigenvalue weighted by molar-refractivity contribution is 6.05. The van der Waals surface area contributed by atoms with Crippen molar-refractivity contribution in [1.82, 2.24) is 20.0 Å². The van der Waals surface area contributed by atoms with E-state index in [1.54, 1.807) is 7.11 Å². The molecule has 2 aliphatic heterocycles. The monoisotopic (exact) mass is 300 g/mol. The van der Waals surface area contributed by atoms with E-state index in [1.807, 2.05) is 23.1 Å². The maximum atomic E-state index is 12.8. The van der Waals surface area contributed by atoms with Crippen molar-refractivity contribution in [3.05, 3.63) is 23.9 Å². The molecule has 116 valence electrons. The number of methoxy groups -OCH3 is 1. The van der Waals surface area contributed by atoms with Gasteiger partial charge in [0.05, 0.1) is 12.6 Å². The molecule has 1 aromatic heterocycles. The van der Waals surface area contributed by atoms with Crippen LogP contribution in [0.3, 0.4) is 0 Å². The molecule has 2 atom stereocenters. The van der Waals surface area contributed by atoms with Crippen molar-refractivity contribution in [2.45, 2.75) is 24.9 Å². The Morgan fingerprint density at radius 3 is 2.73 bits per heavy atom. The van der Waals surface area contributed by atoms with E-state index in [1.165, 1.54) is 12.8 Å². The number of fused-ring (bicyclic) bond motifs is 3. The van der Waals surface area contributed by atoms with Crippen LogP contribution in [0, 0.1) is 0 Å². The first-order valence-electron chi connectivity index (χ1n) is 7.70. The number of piperazine rings is 1. The minimum Gasteiger partial charge on any atom is -0.497 e. The van der Waals surface area contributed by atoms with E-state index in [-0.39, 0.29) is 5.91 Å². The number of hydrogen-bond acceptors (Lipinski definition) is 4. The Hall–Kier alpha value is -2.08. The molecule has 2 aromatic rings. The van der Waals surface area contributed by atoms with Crippen LogP contribution >= 0.6 is 0 Å². The summed E-state index contributed by atoms with van der Waals surface area (Å²) in [6.07, 6.45) is 2.37. The van der Waals surface area contributed by atoms with Crippen LogP contribution in [-0.4, -0.2) is 65.2 Å². The van der Waals surface area contributed by atoms with Crippen molar-refractivity contribution in [2.75, 3.05) is 27.2 Å². The number of likely N-dealkylation sites (tertiary alicyclic amines) is 1. The summed E-state index contributed by atoms with van der Waals surface area (Å²) in [5.41, 5.74) is 1.35. The lowest BCUT2D eigenvalue weighted by molar-refractivity contribution is 0.0520. The van der Waals surface area contributed by atoms with Crippen molar-refractivity contribution in [2.24, 2.45) is 0 Å². The number of carbonyl (C=O) groups is 1. The number of nitrogens with zero attached hydrogens (tertiary/aromatic N) is 3. The molecule has 2 aliphatic rings. The molecule has 0 saturated carbocycles. The zero-order valence-electron chi connectivity index (χ0n) is 12.9. The summed E-state index contributed by atoms with van der Waals surface area (Å²) in [6.45, 7) is 1.60. The predicted octanol–water partition coefficient (Wildman–Crippen LogP) is 1.49. The van der Waals surface area contributed by atoms with E-state index >= 15 is 0 Å². The lowest BCUT2D eigenvalue weighted by Crippen LogP contribution is -2.53. The zero-order chi connectivity index (χ0) is 15.3. The molecule has 0 radical (unpaired) electrons. The number of hydrogen-bond donors (Lipinski definition) is 1. The molecule has 3 heterocycles. The third-order valence-electron chi connectivity index (χ3n) is 5.11. The Kier molecular flexibility index (Phi) is 3.07. The molecular weight excluding hydrogens is 280 g/mol. The van der Waals surface area contributed by atoms with Crippen molar-refractivity contribution in [3.63, 3.8) is 0 Å². The number of ether oxygens (including phenoxy) is 1. The largest absolute Gasteiger partial charge is 0.497 e. The molecule has 0 spiro atoms. The molecule has 2 unspecified atom stereocenters. The fourth-order valence-electron chi connectivity index (χ4n) is 3.72. The van der Waals surface area contributed by atoms with Crippen molar-refractivity contribution >= 4 is 16.8 Å². The average molecular weight is 300 g/mol. The minimum atomic E-state index is 0.0291. The molecule has 6 heteroatoms. The van der Waals surface area contributed by atoms with Gasteiger partial charge in [0.1, 0.15) is 5.75 Å². The molecule has 22 heavy (non-hydrogen) atoms. The molecule has 1 amide bonds. The van der Waals surface area contributed by atoms with Crippen molar-refractivity contribution < 1.29 is 9.53 Å². The SMILES string of the molecule is COc1ccc2c(C(=O)N3CC4CCC(C3)N4C)n[nH]c2c1. The molecule has 4 rings (SSSR count). The van der Waals surface area contributed by atoms with Gasteiger partial charge in [0.2, 0.25) is 0 Å². The van der Waals surface area contributed by atoms with Crippen LogP contribution in [0.15, 0.2) is 18.2 Å². The predicted molar refractivity (Wildman–Crippen MR) is 83.1 cm³/mol. The lowest BCUT2D eigenvalue weighted by atomic mass is 10.1. The van der Waals surface area contributed by atoms with Crippen LogP contribution < -0.4 is 4.74 Å². The fourth-order valence-corrected chi connectivity index (χ4v) is 3.72. The van der Waals surface area contributed by atoms with Crippen LogP contribution in [0.2, 0.25) is 0 Å². The summed E-state index contributed by atoms with van der Waals surface area (Å²) in [5, 5.41) is 8.05. The fraction of sp³-hybridized carbons (Fsp3) is 0.500. The van der Waals surface area contributed by atoms with Crippen molar-refractivity contribution in [1.29, 1.82) is 0 Å². The van der Waals surface area contributed by atoms with Gasteiger partial charge in [0.15, 0.2) is 5.69 Å². The van der Waals surface area contributed by atoms with Gasteiger partial charge in [-0.2, -0.15) is 5.10 Å². The topological polar surface area (TPSA) is 61.5 Å². The Labute approximate surface area is 129 Å². The van der Waals surface area contributed by atoms with Gasteiger partial charge >= 0.3 is 0 Å². The first kappa shape index (κ1) is 13.6. The second-order valence-electron chi connectivity index (χ2n) is 6.24. The Balaban J connectivity index is 1.63. The van der Waals surface area contributed by atoms with E-state index in [4.69, 9.17) is 4.74 Å². The van der Waals surface area contributed by atoms with Crippen LogP contribution in [0.1, 0.15) is 23.3 Å². The van der Waals surface area contributed by atoms with E-state index in [2.05, 4.69) is 22.1 Å². The molecule has 2 bridgehead atoms. The lowest BCUT2D eigenvalue weighted by Gasteiger charge is -2.38. The number of rotatable bonds is 2. The van der Waals surface area contributed by atoms with Gasteiger partial charge in [-0.25, -0.2) is 0 Å². The molecule has 1 N–H and O–H groups in total. The maximum Gasteiger partial charge on any atom is 0.275 e. The van der Waals surface area contributed by atoms with Gasteiger partial charge in [-0.3, -0.25) is 14.8 Å². The quantitative estimate of drug-likeness (QED) is 0.913. The molecule has 2 fully saturated rings. The normalized spacial score (nSPS) is 24.9. The average Bonchev–Trinajstić information content (AvgIpc) is 3.02. The smallest absolute Gasteiger partial charge is 0.275 e. The second-order valence-corrected chi connectivity index (χ2v) is 6.24. The molecule has 6 nitrogen and oxygen atoms in total. The summed E-state index contributed by atoms with van der Waals surface area (Å²) in [4.78, 5) is 17.2. The zero-order valence-corrected chi connectivity index (χ0v) is 12.9. The van der Waals surface area contributed by atoms with Gasteiger partial charge in [-0.1, -0.05) is 0 Å². The van der Waals surface area contributed by atoms with E-state index in [0.29, 0.717) is 17.8 Å². The first-order valence-corrected chi connectivity index (χ1v) is 7.70. The van der Waals surface area contributed by atoms with Gasteiger partial charge in [-0.15, -0.1) is 0 Å². The summed E-state index contributed by atoms with van der Waals surface area (Å²) in [5.74, 6) is 0.786. The second kappa shape index (κ2) is 4.98. The number of likely N-dealkylation sites (N-methyl/N-ethyl adjacent to an activating group) is 1. The van der Waals surface area contributed by atoms with Gasteiger partial charge < -0.3 is 9.64 Å². The molecule has 0 aliphatic carbocycles. The summed E-state index contributed by atoms with van der Waals surface area (Å²) < 4.78 is 5.21. The van der Waals surface area contributed by atoms with Crippen LogP contribution in [-0.2, 0) is 0 Å². The van der Waals surface area contributed by atoms with E-state index in [9.17, 15) is 4.79 Å². The van der Waals surface area contributed by atoms with Crippen LogP contribution in [0.25, 0.3) is 10.9 Å². The number of aromatic amines is 1. The standard InChI is InChI=1S/C16H20N4O2/c1-19-10-3-4-11(19)9-20(8-10)16(21)15-13-6-5-12(22-2)7-14(13)17-18-15/h5-7,10-11H,3-4,8-9H2,1-2H3,(H,17,18). The molecule has 1 aromatic carbocycles. The first-order chi connectivity index (χ1) is 10.7. The third kappa shape index (κ3) is 1.98. The number of amides is 1. The van der Waals surface area contributed by atoms with Crippen LogP contribution in [0.5, 0.6) is 5.75 Å². The summed E-state index contributed by atoms with van der Waals surface area (Å²) in [6, 6.07) is 6.62. The summed E-state index contributed by atoms with van der Waals surface area (Å²) in [7, 11) is 3.80. The Bertz CT molecular complexity index is 712. The van der Waals surface area contributed by atoms with Gasteiger partial charge in [0.25, 0.3) is 5.91 Å². The number of aromatic nitrogens is 2. The minimum absolute atomic E-state index is 0.0291. The third-order valence-corrected chi connectivity index (χ3v) is 5.11. The highest BCUT2D eigenvalue weighted by Gasteiger charge is 2.39. The maximum absolute atomic E-state index is 12.8.